The van der Waals surface area contributed by atoms with Crippen LogP contribution in [0, 0.1) is 5.41 Å². The van der Waals surface area contributed by atoms with Crippen LogP contribution in [0.4, 0.5) is 0 Å². The van der Waals surface area contributed by atoms with Crippen molar-refractivity contribution in [2.75, 3.05) is 13.2 Å². The largest absolute Gasteiger partial charge is 0.463 e. The van der Waals surface area contributed by atoms with Crippen LogP contribution < -0.4 is 5.32 Å². The van der Waals surface area contributed by atoms with Crippen molar-refractivity contribution in [1.29, 1.82) is 0 Å². The molecule has 0 saturated heterocycles. The maximum atomic E-state index is 11.9. The van der Waals surface area contributed by atoms with Gasteiger partial charge in [-0.1, -0.05) is 13.8 Å². The lowest BCUT2D eigenvalue weighted by Gasteiger charge is -2.23. The van der Waals surface area contributed by atoms with E-state index >= 15 is 0 Å². The third-order valence-corrected chi connectivity index (χ3v) is 3.00. The molecule has 2 aromatic heterocycles. The highest BCUT2D eigenvalue weighted by Gasteiger charge is 2.19. The van der Waals surface area contributed by atoms with Crippen molar-refractivity contribution < 1.29 is 14.3 Å². The van der Waals surface area contributed by atoms with E-state index in [0.717, 1.165) is 5.52 Å². The Balaban J connectivity index is 1.98. The van der Waals surface area contributed by atoms with Gasteiger partial charge in [-0.15, -0.1) is 0 Å². The van der Waals surface area contributed by atoms with Crippen molar-refractivity contribution in [1.82, 2.24) is 10.3 Å². The fraction of sp³-hybridized carbons (Fsp3) is 0.462. The predicted octanol–water partition coefficient (Wildman–Crippen LogP) is 1.90. The normalized spacial score (nSPS) is 11.9. The summed E-state index contributed by atoms with van der Waals surface area (Å²) in [4.78, 5) is 14.9. The molecule has 3 N–H and O–H groups in total. The number of aromatic nitrogens is 1. The molecule has 0 radical (unpaired) electrons. The zero-order valence-electron chi connectivity index (χ0n) is 10.6. The second-order valence-corrected chi connectivity index (χ2v) is 5.20. The van der Waals surface area contributed by atoms with E-state index in [1.807, 2.05) is 13.8 Å². The molecule has 0 aliphatic heterocycles. The number of H-pyrrole nitrogens is 1. The second kappa shape index (κ2) is 4.86. The van der Waals surface area contributed by atoms with Gasteiger partial charge >= 0.3 is 0 Å². The van der Waals surface area contributed by atoms with Crippen LogP contribution in [0.3, 0.4) is 0 Å². The van der Waals surface area contributed by atoms with Crippen molar-refractivity contribution >= 4 is 17.0 Å². The van der Waals surface area contributed by atoms with Crippen LogP contribution in [0.1, 0.15) is 30.8 Å². The molecule has 0 atom stereocenters. The molecule has 2 aromatic rings. The van der Waals surface area contributed by atoms with Crippen LogP contribution in [0.2, 0.25) is 0 Å². The molecule has 2 heterocycles. The lowest BCUT2D eigenvalue weighted by Crippen LogP contribution is -2.34. The highest BCUT2D eigenvalue weighted by molar-refractivity contribution is 5.96. The van der Waals surface area contributed by atoms with Crippen LogP contribution in [0.15, 0.2) is 22.8 Å². The van der Waals surface area contributed by atoms with Gasteiger partial charge in [-0.3, -0.25) is 4.79 Å². The molecule has 0 aromatic carbocycles. The van der Waals surface area contributed by atoms with Gasteiger partial charge in [-0.2, -0.15) is 0 Å². The smallest absolute Gasteiger partial charge is 0.267 e. The Morgan fingerprint density at radius 3 is 3.00 bits per heavy atom. The van der Waals surface area contributed by atoms with E-state index in [1.54, 1.807) is 18.4 Å². The summed E-state index contributed by atoms with van der Waals surface area (Å²) in [7, 11) is 0. The number of aliphatic hydroxyl groups excluding tert-OH is 1. The number of furan rings is 1. The topological polar surface area (TPSA) is 78.3 Å². The molecule has 2 rings (SSSR count). The molecular formula is C13H18N2O3. The van der Waals surface area contributed by atoms with Crippen molar-refractivity contribution in [2.24, 2.45) is 5.41 Å². The first-order valence-corrected chi connectivity index (χ1v) is 5.97. The third-order valence-electron chi connectivity index (χ3n) is 3.00. The monoisotopic (exact) mass is 250 g/mol. The molecule has 0 aliphatic rings. The summed E-state index contributed by atoms with van der Waals surface area (Å²) in [5.41, 5.74) is 1.87. The van der Waals surface area contributed by atoms with Gasteiger partial charge in [0.05, 0.1) is 11.8 Å². The molecular weight excluding hydrogens is 232 g/mol. The highest BCUT2D eigenvalue weighted by Crippen LogP contribution is 2.19. The Bertz CT molecular complexity index is 511. The summed E-state index contributed by atoms with van der Waals surface area (Å²) in [6, 6.07) is 3.46. The number of aliphatic hydroxyl groups is 1. The standard InChI is InChI=1S/C13H18N2O3/c1-13(2,4-5-16)8-14-12(17)10-7-11-9(15-10)3-6-18-11/h3,6-7,15-16H,4-5,8H2,1-2H3,(H,14,17). The van der Waals surface area contributed by atoms with Crippen LogP contribution in [0.5, 0.6) is 0 Å². The van der Waals surface area contributed by atoms with Gasteiger partial charge < -0.3 is 19.8 Å². The van der Waals surface area contributed by atoms with E-state index < -0.39 is 0 Å². The van der Waals surface area contributed by atoms with E-state index in [0.29, 0.717) is 24.2 Å². The molecule has 18 heavy (non-hydrogen) atoms. The van der Waals surface area contributed by atoms with Crippen LogP contribution in [-0.2, 0) is 0 Å². The average Bonchev–Trinajstić information content (AvgIpc) is 2.85. The first-order chi connectivity index (χ1) is 8.52. The predicted molar refractivity (Wildman–Crippen MR) is 68.4 cm³/mol. The van der Waals surface area contributed by atoms with Gasteiger partial charge in [0.1, 0.15) is 5.69 Å². The van der Waals surface area contributed by atoms with Gasteiger partial charge in [-0.25, -0.2) is 0 Å². The van der Waals surface area contributed by atoms with Gasteiger partial charge in [-0.05, 0) is 11.8 Å². The summed E-state index contributed by atoms with van der Waals surface area (Å²) >= 11 is 0. The lowest BCUT2D eigenvalue weighted by molar-refractivity contribution is 0.0924. The van der Waals surface area contributed by atoms with Crippen LogP contribution >= 0.6 is 0 Å². The van der Waals surface area contributed by atoms with Gasteiger partial charge in [0.15, 0.2) is 5.58 Å². The number of hydrogen-bond acceptors (Lipinski definition) is 3. The Morgan fingerprint density at radius 2 is 2.33 bits per heavy atom. The number of carbonyl (C=O) groups is 1. The summed E-state index contributed by atoms with van der Waals surface area (Å²) in [6.07, 6.45) is 2.23. The second-order valence-electron chi connectivity index (χ2n) is 5.20. The van der Waals surface area contributed by atoms with Gasteiger partial charge in [0, 0.05) is 25.3 Å². The molecule has 0 fully saturated rings. The highest BCUT2D eigenvalue weighted by atomic mass is 16.3. The number of nitrogens with one attached hydrogen (secondary N) is 2. The van der Waals surface area contributed by atoms with E-state index in [4.69, 9.17) is 9.52 Å². The molecule has 0 saturated carbocycles. The number of rotatable bonds is 5. The molecule has 0 spiro atoms. The zero-order valence-corrected chi connectivity index (χ0v) is 10.6. The fourth-order valence-electron chi connectivity index (χ4n) is 1.78. The van der Waals surface area contributed by atoms with Crippen LogP contribution in [-0.4, -0.2) is 29.1 Å². The van der Waals surface area contributed by atoms with E-state index in [1.165, 1.54) is 0 Å². The fourth-order valence-corrected chi connectivity index (χ4v) is 1.78. The summed E-state index contributed by atoms with van der Waals surface area (Å²) < 4.78 is 5.19. The Labute approximate surface area is 105 Å². The minimum absolute atomic E-state index is 0.115. The zero-order chi connectivity index (χ0) is 13.2. The summed E-state index contributed by atoms with van der Waals surface area (Å²) in [5.74, 6) is -0.160. The van der Waals surface area contributed by atoms with Crippen molar-refractivity contribution in [3.05, 3.63) is 24.1 Å². The maximum Gasteiger partial charge on any atom is 0.267 e. The van der Waals surface area contributed by atoms with E-state index in [-0.39, 0.29) is 17.9 Å². The molecule has 0 unspecified atom stereocenters. The quantitative estimate of drug-likeness (QED) is 0.758. The molecule has 5 heteroatoms. The molecule has 1 amide bonds. The van der Waals surface area contributed by atoms with Crippen molar-refractivity contribution in [2.45, 2.75) is 20.3 Å². The van der Waals surface area contributed by atoms with Gasteiger partial charge in [0.2, 0.25) is 0 Å². The Morgan fingerprint density at radius 1 is 1.56 bits per heavy atom. The molecule has 0 bridgehead atoms. The molecule has 0 aliphatic carbocycles. The maximum absolute atomic E-state index is 11.9. The molecule has 98 valence electrons. The summed E-state index contributed by atoms with van der Waals surface area (Å²) in [5, 5.41) is 11.8. The van der Waals surface area contributed by atoms with E-state index in [2.05, 4.69) is 10.3 Å². The Kier molecular flexibility index (Phi) is 3.43. The van der Waals surface area contributed by atoms with Crippen molar-refractivity contribution in [3.8, 4) is 0 Å². The number of amides is 1. The number of carbonyl (C=O) groups excluding carboxylic acids is 1. The van der Waals surface area contributed by atoms with E-state index in [9.17, 15) is 4.79 Å². The Hall–Kier alpha value is -1.75. The van der Waals surface area contributed by atoms with Gasteiger partial charge in [0.25, 0.3) is 5.91 Å². The minimum atomic E-state index is -0.160. The van der Waals surface area contributed by atoms with Crippen LogP contribution in [0.25, 0.3) is 11.1 Å². The number of hydrogen-bond donors (Lipinski definition) is 3. The van der Waals surface area contributed by atoms with Crippen molar-refractivity contribution in [3.63, 3.8) is 0 Å². The molecule has 5 nitrogen and oxygen atoms in total. The number of aromatic amines is 1. The third kappa shape index (κ3) is 2.73. The first-order valence-electron chi connectivity index (χ1n) is 5.97. The minimum Gasteiger partial charge on any atom is -0.463 e. The number of fused-ring (bicyclic) bond motifs is 1. The lowest BCUT2D eigenvalue weighted by atomic mass is 9.90. The SMILES string of the molecule is CC(C)(CCO)CNC(=O)c1cc2occc2[nH]1. The first kappa shape index (κ1) is 12.7. The summed E-state index contributed by atoms with van der Waals surface area (Å²) in [6.45, 7) is 4.65. The average molecular weight is 250 g/mol.